The van der Waals surface area contributed by atoms with Crippen molar-refractivity contribution in [2.24, 2.45) is 0 Å². The van der Waals surface area contributed by atoms with Gasteiger partial charge in [0.1, 0.15) is 0 Å². The summed E-state index contributed by atoms with van der Waals surface area (Å²) in [4.78, 5) is 14.3. The zero-order valence-corrected chi connectivity index (χ0v) is 14.3. The molecule has 5 heteroatoms. The third-order valence-electron chi connectivity index (χ3n) is 2.78. The van der Waals surface area contributed by atoms with Crippen LogP contribution in [0.1, 0.15) is 24.2 Å². The van der Waals surface area contributed by atoms with Crippen molar-refractivity contribution in [2.45, 2.75) is 13.8 Å². The molecule has 1 rings (SSSR count). The van der Waals surface area contributed by atoms with Crippen LogP contribution in [0.25, 0.3) is 0 Å². The van der Waals surface area contributed by atoms with Gasteiger partial charge in [-0.25, -0.2) is 0 Å². The molecule has 1 aromatic rings. The lowest BCUT2D eigenvalue weighted by Crippen LogP contribution is -2.36. The van der Waals surface area contributed by atoms with Gasteiger partial charge in [-0.1, -0.05) is 6.07 Å². The predicted molar refractivity (Wildman–Crippen MR) is 88.0 cm³/mol. The number of rotatable bonds is 9. The van der Waals surface area contributed by atoms with Crippen LogP contribution in [0.4, 0.5) is 0 Å². The van der Waals surface area contributed by atoms with Crippen LogP contribution in [0.3, 0.4) is 0 Å². The van der Waals surface area contributed by atoms with Crippen molar-refractivity contribution in [3.05, 3.63) is 33.4 Å². The van der Waals surface area contributed by atoms with Crippen molar-refractivity contribution in [1.82, 2.24) is 4.90 Å². The first kappa shape index (κ1) is 17.4. The molecule has 4 nitrogen and oxygen atoms in total. The lowest BCUT2D eigenvalue weighted by atomic mass is 10.2. The van der Waals surface area contributed by atoms with Crippen molar-refractivity contribution in [2.75, 3.05) is 39.5 Å². The van der Waals surface area contributed by atoms with E-state index in [0.29, 0.717) is 45.1 Å². The van der Waals surface area contributed by atoms with E-state index in [9.17, 15) is 4.79 Å². The molecule has 0 unspecified atom stereocenters. The van der Waals surface area contributed by atoms with Crippen LogP contribution in [-0.4, -0.2) is 50.3 Å². The number of carbonyl (C=O) groups is 1. The van der Waals surface area contributed by atoms with Crippen LogP contribution in [0.15, 0.2) is 24.3 Å². The van der Waals surface area contributed by atoms with E-state index in [4.69, 9.17) is 9.47 Å². The molecule has 0 aliphatic heterocycles. The predicted octanol–water partition coefficient (Wildman–Crippen LogP) is 2.81. The second-order valence-corrected chi connectivity index (χ2v) is 5.44. The van der Waals surface area contributed by atoms with Crippen molar-refractivity contribution < 1.29 is 14.3 Å². The van der Waals surface area contributed by atoms with Crippen molar-refractivity contribution in [3.63, 3.8) is 0 Å². The van der Waals surface area contributed by atoms with Gasteiger partial charge in [0.25, 0.3) is 5.91 Å². The van der Waals surface area contributed by atoms with Gasteiger partial charge in [-0.15, -0.1) is 0 Å². The van der Waals surface area contributed by atoms with Crippen LogP contribution in [-0.2, 0) is 9.47 Å². The largest absolute Gasteiger partial charge is 0.380 e. The Hall–Kier alpha value is -0.660. The standard InChI is InChI=1S/C15H22INO3/c1-3-19-10-8-17(9-11-20-4-2)15(18)13-6-5-7-14(16)12-13/h5-7,12H,3-4,8-11H2,1-2H3. The Balaban J connectivity index is 2.66. The molecule has 0 radical (unpaired) electrons. The van der Waals surface area contributed by atoms with Gasteiger partial charge in [0.15, 0.2) is 0 Å². The number of ether oxygens (including phenoxy) is 2. The summed E-state index contributed by atoms with van der Waals surface area (Å²) in [5.74, 6) is 0.0305. The Morgan fingerprint density at radius 3 is 2.25 bits per heavy atom. The molecule has 0 fully saturated rings. The van der Waals surface area contributed by atoms with Gasteiger partial charge in [-0.2, -0.15) is 0 Å². The quantitative estimate of drug-likeness (QED) is 0.480. The first-order valence-corrected chi connectivity index (χ1v) is 7.97. The minimum absolute atomic E-state index is 0.0305. The molecule has 0 aliphatic rings. The zero-order chi connectivity index (χ0) is 14.8. The Bertz CT molecular complexity index is 402. The summed E-state index contributed by atoms with van der Waals surface area (Å²) in [5, 5.41) is 0. The normalized spacial score (nSPS) is 10.6. The van der Waals surface area contributed by atoms with Crippen molar-refractivity contribution in [1.29, 1.82) is 0 Å². The maximum Gasteiger partial charge on any atom is 0.254 e. The fourth-order valence-electron chi connectivity index (χ4n) is 1.76. The number of halogens is 1. The topological polar surface area (TPSA) is 38.8 Å². The van der Waals surface area contributed by atoms with Gasteiger partial charge in [-0.05, 0) is 54.6 Å². The average Bonchev–Trinajstić information content (AvgIpc) is 2.45. The van der Waals surface area contributed by atoms with E-state index in [-0.39, 0.29) is 5.91 Å². The minimum Gasteiger partial charge on any atom is -0.380 e. The van der Waals surface area contributed by atoms with E-state index in [1.165, 1.54) is 0 Å². The van der Waals surface area contributed by atoms with Crippen molar-refractivity contribution in [3.8, 4) is 0 Å². The summed E-state index contributed by atoms with van der Waals surface area (Å²) in [6.07, 6.45) is 0. The van der Waals surface area contributed by atoms with E-state index >= 15 is 0 Å². The van der Waals surface area contributed by atoms with Crippen LogP contribution in [0.5, 0.6) is 0 Å². The molecule has 0 N–H and O–H groups in total. The highest BCUT2D eigenvalue weighted by Crippen LogP contribution is 2.10. The maximum atomic E-state index is 12.5. The third-order valence-corrected chi connectivity index (χ3v) is 3.45. The summed E-state index contributed by atoms with van der Waals surface area (Å²) in [6, 6.07) is 7.62. The number of carbonyl (C=O) groups excluding carboxylic acids is 1. The molecule has 112 valence electrons. The third kappa shape index (κ3) is 6.19. The highest BCUT2D eigenvalue weighted by atomic mass is 127. The van der Waals surface area contributed by atoms with Crippen LogP contribution >= 0.6 is 22.6 Å². The first-order chi connectivity index (χ1) is 9.69. The molecular weight excluding hydrogens is 369 g/mol. The molecule has 0 saturated heterocycles. The van der Waals surface area contributed by atoms with Crippen LogP contribution in [0.2, 0.25) is 0 Å². The highest BCUT2D eigenvalue weighted by Gasteiger charge is 2.15. The molecule has 0 atom stereocenters. The van der Waals surface area contributed by atoms with Crippen LogP contribution < -0.4 is 0 Å². The lowest BCUT2D eigenvalue weighted by Gasteiger charge is -2.22. The number of hydrogen-bond donors (Lipinski definition) is 0. The number of nitrogens with zero attached hydrogens (tertiary/aromatic N) is 1. The molecule has 0 aromatic heterocycles. The SMILES string of the molecule is CCOCCN(CCOCC)C(=O)c1cccc(I)c1. The average molecular weight is 391 g/mol. The zero-order valence-electron chi connectivity index (χ0n) is 12.1. The highest BCUT2D eigenvalue weighted by molar-refractivity contribution is 14.1. The molecule has 20 heavy (non-hydrogen) atoms. The Kier molecular flexibility index (Phi) is 8.80. The summed E-state index contributed by atoms with van der Waals surface area (Å²) >= 11 is 2.21. The Morgan fingerprint density at radius 1 is 1.15 bits per heavy atom. The monoisotopic (exact) mass is 391 g/mol. The Labute approximate surface area is 134 Å². The summed E-state index contributed by atoms with van der Waals surface area (Å²) in [6.45, 7) is 7.51. The molecular formula is C15H22INO3. The summed E-state index contributed by atoms with van der Waals surface area (Å²) < 4.78 is 11.7. The molecule has 1 amide bonds. The van der Waals surface area contributed by atoms with Gasteiger partial charge in [-0.3, -0.25) is 4.79 Å². The number of benzene rings is 1. The molecule has 0 saturated carbocycles. The molecule has 0 aliphatic carbocycles. The molecule has 0 spiro atoms. The van der Waals surface area contributed by atoms with E-state index in [1.807, 2.05) is 38.1 Å². The summed E-state index contributed by atoms with van der Waals surface area (Å²) in [5.41, 5.74) is 0.713. The first-order valence-electron chi connectivity index (χ1n) is 6.89. The molecule has 0 bridgehead atoms. The van der Waals surface area contributed by atoms with Crippen molar-refractivity contribution >= 4 is 28.5 Å². The molecule has 0 heterocycles. The second kappa shape index (κ2) is 10.1. The van der Waals surface area contributed by atoms with Gasteiger partial charge < -0.3 is 14.4 Å². The molecule has 1 aromatic carbocycles. The van der Waals surface area contributed by atoms with E-state index in [2.05, 4.69) is 22.6 Å². The Morgan fingerprint density at radius 2 is 1.75 bits per heavy atom. The van der Waals surface area contributed by atoms with E-state index in [1.54, 1.807) is 4.90 Å². The number of amides is 1. The van der Waals surface area contributed by atoms with E-state index in [0.717, 1.165) is 3.57 Å². The van der Waals surface area contributed by atoms with Gasteiger partial charge in [0.05, 0.1) is 13.2 Å². The fourth-order valence-corrected chi connectivity index (χ4v) is 2.30. The minimum atomic E-state index is 0.0305. The van der Waals surface area contributed by atoms with Gasteiger partial charge >= 0.3 is 0 Å². The summed E-state index contributed by atoms with van der Waals surface area (Å²) in [7, 11) is 0. The van der Waals surface area contributed by atoms with Gasteiger partial charge in [0, 0.05) is 35.4 Å². The smallest absolute Gasteiger partial charge is 0.254 e. The van der Waals surface area contributed by atoms with Gasteiger partial charge in [0.2, 0.25) is 0 Å². The van der Waals surface area contributed by atoms with E-state index < -0.39 is 0 Å². The second-order valence-electron chi connectivity index (χ2n) is 4.20. The van der Waals surface area contributed by atoms with Crippen LogP contribution in [0, 0.1) is 3.57 Å². The maximum absolute atomic E-state index is 12.5. The lowest BCUT2D eigenvalue weighted by molar-refractivity contribution is 0.0550. The number of hydrogen-bond acceptors (Lipinski definition) is 3. The fraction of sp³-hybridized carbons (Fsp3) is 0.533.